The molecule has 0 amide bonds. The van der Waals surface area contributed by atoms with Gasteiger partial charge in [-0.3, -0.25) is 24.9 Å². The van der Waals surface area contributed by atoms with Crippen LogP contribution in [0.1, 0.15) is 0 Å². The van der Waals surface area contributed by atoms with Gasteiger partial charge in [-0.2, -0.15) is 0 Å². The van der Waals surface area contributed by atoms with Crippen LogP contribution in [0.3, 0.4) is 0 Å². The lowest BCUT2D eigenvalue weighted by molar-refractivity contribution is 0.355. The molecule has 5 aromatic carbocycles. The van der Waals surface area contributed by atoms with Gasteiger partial charge in [-0.1, -0.05) is 103 Å². The number of pyridine rings is 8. The molecule has 0 saturated carbocycles. The van der Waals surface area contributed by atoms with Crippen molar-refractivity contribution in [2.45, 2.75) is 0 Å². The van der Waals surface area contributed by atoms with Crippen molar-refractivity contribution in [3.05, 3.63) is 280 Å². The van der Waals surface area contributed by atoms with Crippen LogP contribution in [0.15, 0.2) is 280 Å². The Kier molecular flexibility index (Phi) is 17.9. The lowest BCUT2D eigenvalue weighted by Gasteiger charge is -2.12. The Labute approximate surface area is 498 Å². The molecular weight excluding hydrogens is 1070 g/mol. The van der Waals surface area contributed by atoms with Crippen molar-refractivity contribution < 1.29 is 24.1 Å². The molecule has 0 aliphatic rings. The Bertz CT molecular complexity index is 4140. The number of para-hydroxylation sites is 1. The number of benzene rings is 5. The molecule has 13 aromatic rings. The molecule has 0 atom stereocenters. The lowest BCUT2D eigenvalue weighted by Crippen LogP contribution is -1.95. The second-order valence-corrected chi connectivity index (χ2v) is 19.2. The first-order chi connectivity index (χ1) is 42.4. The molecule has 86 heavy (non-hydrogen) atoms. The molecule has 1 N–H and O–H groups in total. The first-order valence-electron chi connectivity index (χ1n) is 27.5. The highest BCUT2D eigenvalue weighted by atomic mass is 16.5. The fraction of sp³-hybridized carbons (Fsp3) is 0.0411. The van der Waals surface area contributed by atoms with Crippen LogP contribution in [0.4, 0.5) is 0 Å². The van der Waals surface area contributed by atoms with E-state index in [1.807, 2.05) is 218 Å². The van der Waals surface area contributed by atoms with E-state index in [1.165, 1.54) is 0 Å². The van der Waals surface area contributed by atoms with Gasteiger partial charge < -0.3 is 24.1 Å². The molecule has 0 fully saturated rings. The number of hydrogen-bond donors (Lipinski definition) is 1. The summed E-state index contributed by atoms with van der Waals surface area (Å²) in [6, 6.07) is 80.3. The highest BCUT2D eigenvalue weighted by molar-refractivity contribution is 5.79. The summed E-state index contributed by atoms with van der Waals surface area (Å²) in [7, 11) is 4.80. The highest BCUT2D eigenvalue weighted by Gasteiger charge is 2.15. The monoisotopic (exact) mass is 1120 g/mol. The van der Waals surface area contributed by atoms with Crippen LogP contribution in [0, 0.1) is 0 Å². The maximum atomic E-state index is 9.90. The van der Waals surface area contributed by atoms with Gasteiger partial charge in [-0.15, -0.1) is 0 Å². The maximum absolute atomic E-state index is 9.90. The third kappa shape index (κ3) is 14.0. The molecule has 13 nitrogen and oxygen atoms in total. The quantitative estimate of drug-likeness (QED) is 0.110. The van der Waals surface area contributed by atoms with Crippen molar-refractivity contribution in [2.75, 3.05) is 21.3 Å². The van der Waals surface area contributed by atoms with Gasteiger partial charge >= 0.3 is 0 Å². The molecule has 0 bridgehead atoms. The van der Waals surface area contributed by atoms with Crippen molar-refractivity contribution in [3.8, 4) is 136 Å². The second-order valence-electron chi connectivity index (χ2n) is 19.2. The summed E-state index contributed by atoms with van der Waals surface area (Å²) in [4.78, 5) is 36.7. The molecule has 0 spiro atoms. The van der Waals surface area contributed by atoms with Gasteiger partial charge in [0.25, 0.3) is 0 Å². The van der Waals surface area contributed by atoms with Crippen LogP contribution >= 0.6 is 0 Å². The molecule has 0 aliphatic heterocycles. The van der Waals surface area contributed by atoms with E-state index in [4.69, 9.17) is 33.9 Å². The predicted molar refractivity (Wildman–Crippen MR) is 338 cm³/mol. The molecule has 0 radical (unpaired) electrons. The number of aromatic nitrogens is 8. The standard InChI is InChI=1S/C27H19N3O.C23H19N3O2.C23H18N2O2/c1-2-8-22(9-3-1)31-23-14-12-20(13-15-23)21-18-26(24-10-4-6-16-28-24)30-27(19-21)25-11-5-7-17-29-25;1-27-22-10-9-16(15-23(22)28-2)17-13-20(18-7-3-5-11-24-18)26-21(14-17)19-8-4-6-12-25-19;1-27-23-15-17(10-11-22(23)26)18-13-20(16-7-3-2-4-8-16)25-21(14-18)19-9-5-6-12-24-19/h1-19H;3-15H,1-2H3;2-15,26H,1H3. The zero-order valence-corrected chi connectivity index (χ0v) is 47.2. The molecule has 8 heterocycles. The van der Waals surface area contributed by atoms with Crippen molar-refractivity contribution in [2.24, 2.45) is 0 Å². The summed E-state index contributed by atoms with van der Waals surface area (Å²) >= 11 is 0. The Morgan fingerprint density at radius 3 is 0.988 bits per heavy atom. The zero-order chi connectivity index (χ0) is 58.9. The zero-order valence-electron chi connectivity index (χ0n) is 47.2. The van der Waals surface area contributed by atoms with Crippen molar-refractivity contribution >= 4 is 0 Å². The van der Waals surface area contributed by atoms with Gasteiger partial charge in [-0.25, -0.2) is 15.0 Å². The lowest BCUT2D eigenvalue weighted by atomic mass is 10.0. The van der Waals surface area contributed by atoms with E-state index in [-0.39, 0.29) is 5.75 Å². The fourth-order valence-electron chi connectivity index (χ4n) is 9.29. The molecule has 0 saturated heterocycles. The molecule has 13 heteroatoms. The third-order valence-electron chi connectivity index (χ3n) is 13.6. The van der Waals surface area contributed by atoms with E-state index in [1.54, 1.807) is 58.4 Å². The van der Waals surface area contributed by atoms with Gasteiger partial charge in [0.15, 0.2) is 23.0 Å². The summed E-state index contributed by atoms with van der Waals surface area (Å²) in [5, 5.41) is 9.90. The first kappa shape index (κ1) is 56.2. The van der Waals surface area contributed by atoms with Gasteiger partial charge in [0.05, 0.1) is 84.0 Å². The van der Waals surface area contributed by atoms with Crippen molar-refractivity contribution in [3.63, 3.8) is 0 Å². The third-order valence-corrected chi connectivity index (χ3v) is 13.6. The fourth-order valence-corrected chi connectivity index (χ4v) is 9.29. The average molecular weight is 1130 g/mol. The Morgan fingerprint density at radius 2 is 0.581 bits per heavy atom. The molecule has 13 rings (SSSR count). The summed E-state index contributed by atoms with van der Waals surface area (Å²) < 4.78 is 22.0. The van der Waals surface area contributed by atoms with Crippen molar-refractivity contribution in [1.29, 1.82) is 0 Å². The maximum Gasteiger partial charge on any atom is 0.161 e. The summed E-state index contributed by atoms with van der Waals surface area (Å²) in [6.45, 7) is 0. The molecule has 0 unspecified atom stereocenters. The minimum absolute atomic E-state index is 0.114. The van der Waals surface area contributed by atoms with E-state index in [9.17, 15) is 5.11 Å². The van der Waals surface area contributed by atoms with E-state index in [0.717, 1.165) is 113 Å². The SMILES string of the molecule is COc1cc(-c2cc(-c3ccccc3)nc(-c3ccccn3)c2)ccc1O.COc1ccc(-c2cc(-c3ccccn3)nc(-c3ccccn3)c2)cc1OC.c1ccc(Oc2ccc(-c3cc(-c4ccccn4)nc(-c4ccccn4)c3)cc2)cc1. The Hall–Kier alpha value is -11.7. The minimum Gasteiger partial charge on any atom is -0.504 e. The summed E-state index contributed by atoms with van der Waals surface area (Å²) in [5.41, 5.74) is 16.0. The number of phenols is 1. The number of phenolic OH excluding ortho intramolecular Hbond substituents is 1. The van der Waals surface area contributed by atoms with Crippen LogP contribution in [0.2, 0.25) is 0 Å². The minimum atomic E-state index is 0.114. The van der Waals surface area contributed by atoms with E-state index in [2.05, 4.69) is 49.2 Å². The van der Waals surface area contributed by atoms with Gasteiger partial charge in [0, 0.05) is 36.5 Å². The Balaban J connectivity index is 0.000000134. The van der Waals surface area contributed by atoms with Gasteiger partial charge in [0.1, 0.15) is 11.5 Å². The molecule has 0 aliphatic carbocycles. The number of hydrogen-bond acceptors (Lipinski definition) is 13. The normalized spacial score (nSPS) is 10.5. The first-order valence-corrected chi connectivity index (χ1v) is 27.5. The smallest absolute Gasteiger partial charge is 0.161 e. The van der Waals surface area contributed by atoms with Crippen LogP contribution in [0.5, 0.6) is 34.5 Å². The van der Waals surface area contributed by atoms with E-state index >= 15 is 0 Å². The summed E-state index contributed by atoms with van der Waals surface area (Å²) in [5.74, 6) is 3.52. The molecular formula is C73H56N8O5. The summed E-state index contributed by atoms with van der Waals surface area (Å²) in [6.07, 6.45) is 8.84. The van der Waals surface area contributed by atoms with Gasteiger partial charge in [0.2, 0.25) is 0 Å². The van der Waals surface area contributed by atoms with E-state index < -0.39 is 0 Å². The average Bonchev–Trinajstić information content (AvgIpc) is 2.41. The Morgan fingerprint density at radius 1 is 0.244 bits per heavy atom. The topological polar surface area (TPSA) is 160 Å². The van der Waals surface area contributed by atoms with Gasteiger partial charge in [-0.05, 0) is 179 Å². The molecule has 418 valence electrons. The van der Waals surface area contributed by atoms with E-state index in [0.29, 0.717) is 17.2 Å². The second kappa shape index (κ2) is 27.4. The van der Waals surface area contributed by atoms with Crippen LogP contribution in [-0.4, -0.2) is 66.3 Å². The number of ether oxygens (including phenoxy) is 4. The van der Waals surface area contributed by atoms with Crippen LogP contribution in [-0.2, 0) is 0 Å². The largest absolute Gasteiger partial charge is 0.504 e. The van der Waals surface area contributed by atoms with Crippen LogP contribution in [0.25, 0.3) is 102 Å². The predicted octanol–water partition coefficient (Wildman–Crippen LogP) is 16.7. The number of aromatic hydroxyl groups is 1. The van der Waals surface area contributed by atoms with Crippen molar-refractivity contribution in [1.82, 2.24) is 39.9 Å². The van der Waals surface area contributed by atoms with Crippen LogP contribution < -0.4 is 18.9 Å². The highest BCUT2D eigenvalue weighted by Crippen LogP contribution is 2.37. The number of rotatable bonds is 14. The number of nitrogens with zero attached hydrogens (tertiary/aromatic N) is 8. The molecule has 8 aromatic heterocycles. The number of methoxy groups -OCH3 is 3.